The summed E-state index contributed by atoms with van der Waals surface area (Å²) in [5.41, 5.74) is 1.28. The van der Waals surface area contributed by atoms with E-state index in [0.29, 0.717) is 11.3 Å². The predicted molar refractivity (Wildman–Crippen MR) is 98.1 cm³/mol. The van der Waals surface area contributed by atoms with Crippen molar-refractivity contribution in [2.24, 2.45) is 0 Å². The van der Waals surface area contributed by atoms with Gasteiger partial charge in [-0.25, -0.2) is 13.1 Å². The molecule has 0 unspecified atom stereocenters. The standard InChI is InChI=1S/C19H19N3O3S/c20-13-14-8-10-16(11-9-14)21-19(23)15-4-3-7-18(12-15)26(24,25)22-17-5-1-2-6-17/h3-4,7-12,17,22H,1-2,5-6H2,(H,21,23). The molecule has 0 heterocycles. The van der Waals surface area contributed by atoms with Gasteiger partial charge in [0.15, 0.2) is 0 Å². The average molecular weight is 369 g/mol. The lowest BCUT2D eigenvalue weighted by Crippen LogP contribution is -2.32. The lowest BCUT2D eigenvalue weighted by molar-refractivity contribution is 0.102. The summed E-state index contributed by atoms with van der Waals surface area (Å²) in [6.45, 7) is 0. The largest absolute Gasteiger partial charge is 0.322 e. The van der Waals surface area contributed by atoms with Gasteiger partial charge in [0, 0.05) is 17.3 Å². The zero-order chi connectivity index (χ0) is 18.6. The number of anilines is 1. The average Bonchev–Trinajstić information content (AvgIpc) is 3.15. The van der Waals surface area contributed by atoms with E-state index in [0.717, 1.165) is 25.7 Å². The molecule has 0 saturated heterocycles. The van der Waals surface area contributed by atoms with Gasteiger partial charge in [-0.15, -0.1) is 0 Å². The maximum Gasteiger partial charge on any atom is 0.255 e. The molecule has 3 rings (SSSR count). The summed E-state index contributed by atoms with van der Waals surface area (Å²) >= 11 is 0. The van der Waals surface area contributed by atoms with Gasteiger partial charge in [0.2, 0.25) is 10.0 Å². The van der Waals surface area contributed by atoms with E-state index < -0.39 is 15.9 Å². The summed E-state index contributed by atoms with van der Waals surface area (Å²) in [5.74, 6) is -0.410. The Hall–Kier alpha value is -2.69. The van der Waals surface area contributed by atoms with Crippen LogP contribution in [0.25, 0.3) is 0 Å². The van der Waals surface area contributed by atoms with E-state index in [1.54, 1.807) is 36.4 Å². The van der Waals surface area contributed by atoms with E-state index in [9.17, 15) is 13.2 Å². The Balaban J connectivity index is 1.75. The van der Waals surface area contributed by atoms with Crippen LogP contribution in [0.3, 0.4) is 0 Å². The fourth-order valence-electron chi connectivity index (χ4n) is 2.97. The fraction of sp³-hybridized carbons (Fsp3) is 0.263. The molecule has 0 aromatic heterocycles. The first kappa shape index (κ1) is 18.1. The van der Waals surface area contributed by atoms with Gasteiger partial charge in [0.05, 0.1) is 16.5 Å². The summed E-state index contributed by atoms with van der Waals surface area (Å²) in [6, 6.07) is 14.4. The molecule has 0 atom stereocenters. The molecule has 0 bridgehead atoms. The van der Waals surface area contributed by atoms with Crippen molar-refractivity contribution in [3.63, 3.8) is 0 Å². The monoisotopic (exact) mass is 369 g/mol. The van der Waals surface area contributed by atoms with Gasteiger partial charge >= 0.3 is 0 Å². The Kier molecular flexibility index (Phi) is 5.35. The van der Waals surface area contributed by atoms with Gasteiger partial charge in [0.1, 0.15) is 0 Å². The highest BCUT2D eigenvalue weighted by molar-refractivity contribution is 7.89. The van der Waals surface area contributed by atoms with Crippen molar-refractivity contribution in [2.45, 2.75) is 36.6 Å². The Labute approximate surface area is 152 Å². The van der Waals surface area contributed by atoms with Crippen LogP contribution in [0.4, 0.5) is 5.69 Å². The Morgan fingerprint density at radius 1 is 1.08 bits per heavy atom. The smallest absolute Gasteiger partial charge is 0.255 e. The number of carbonyl (C=O) groups is 1. The van der Waals surface area contributed by atoms with E-state index in [4.69, 9.17) is 5.26 Å². The van der Waals surface area contributed by atoms with Crippen LogP contribution in [0.2, 0.25) is 0 Å². The van der Waals surface area contributed by atoms with Crippen molar-refractivity contribution in [1.29, 1.82) is 5.26 Å². The zero-order valence-electron chi connectivity index (χ0n) is 14.1. The second-order valence-electron chi connectivity index (χ2n) is 6.27. The molecule has 26 heavy (non-hydrogen) atoms. The van der Waals surface area contributed by atoms with E-state index in [2.05, 4.69) is 10.0 Å². The molecule has 0 spiro atoms. The number of nitriles is 1. The molecule has 1 amide bonds. The van der Waals surface area contributed by atoms with Crippen LogP contribution in [0, 0.1) is 11.3 Å². The first-order valence-corrected chi connectivity index (χ1v) is 9.90. The summed E-state index contributed by atoms with van der Waals surface area (Å²) in [7, 11) is -3.65. The molecule has 1 fully saturated rings. The maximum atomic E-state index is 12.5. The lowest BCUT2D eigenvalue weighted by atomic mass is 10.2. The van der Waals surface area contributed by atoms with Crippen molar-refractivity contribution in [3.05, 3.63) is 59.7 Å². The molecule has 0 aliphatic heterocycles. The highest BCUT2D eigenvalue weighted by atomic mass is 32.2. The highest BCUT2D eigenvalue weighted by Crippen LogP contribution is 2.21. The van der Waals surface area contributed by atoms with Crippen molar-refractivity contribution in [1.82, 2.24) is 4.72 Å². The van der Waals surface area contributed by atoms with Crippen molar-refractivity contribution in [2.75, 3.05) is 5.32 Å². The quantitative estimate of drug-likeness (QED) is 0.846. The second-order valence-corrected chi connectivity index (χ2v) is 7.99. The first-order valence-electron chi connectivity index (χ1n) is 8.42. The molecule has 2 N–H and O–H groups in total. The topological polar surface area (TPSA) is 99.1 Å². The molecule has 0 radical (unpaired) electrons. The third-order valence-corrected chi connectivity index (χ3v) is 5.87. The van der Waals surface area contributed by atoms with Crippen LogP contribution < -0.4 is 10.0 Å². The zero-order valence-corrected chi connectivity index (χ0v) is 14.9. The number of rotatable bonds is 5. The predicted octanol–water partition coefficient (Wildman–Crippen LogP) is 3.03. The Morgan fingerprint density at radius 3 is 2.42 bits per heavy atom. The van der Waals surface area contributed by atoms with E-state index in [-0.39, 0.29) is 16.5 Å². The summed E-state index contributed by atoms with van der Waals surface area (Å²) in [6.07, 6.45) is 3.75. The van der Waals surface area contributed by atoms with Gasteiger partial charge in [-0.2, -0.15) is 5.26 Å². The number of nitrogens with one attached hydrogen (secondary N) is 2. The summed E-state index contributed by atoms with van der Waals surface area (Å²) in [4.78, 5) is 12.5. The minimum atomic E-state index is -3.65. The number of nitrogens with zero attached hydrogens (tertiary/aromatic N) is 1. The lowest BCUT2D eigenvalue weighted by Gasteiger charge is -2.13. The van der Waals surface area contributed by atoms with Crippen molar-refractivity contribution < 1.29 is 13.2 Å². The van der Waals surface area contributed by atoms with E-state index >= 15 is 0 Å². The van der Waals surface area contributed by atoms with Gasteiger partial charge in [-0.1, -0.05) is 18.9 Å². The number of benzene rings is 2. The van der Waals surface area contributed by atoms with Crippen molar-refractivity contribution in [3.8, 4) is 6.07 Å². The molecule has 6 nitrogen and oxygen atoms in total. The van der Waals surface area contributed by atoms with Gasteiger partial charge < -0.3 is 5.32 Å². The van der Waals surface area contributed by atoms with Crippen LogP contribution in [0.15, 0.2) is 53.4 Å². The normalized spacial score (nSPS) is 14.7. The van der Waals surface area contributed by atoms with Gasteiger partial charge in [-0.05, 0) is 55.3 Å². The molecule has 7 heteroatoms. The number of carbonyl (C=O) groups excluding carboxylic acids is 1. The van der Waals surface area contributed by atoms with Gasteiger partial charge in [-0.3, -0.25) is 4.79 Å². The third-order valence-electron chi connectivity index (χ3n) is 4.36. The van der Waals surface area contributed by atoms with E-state index in [1.165, 1.54) is 12.1 Å². The molecular formula is C19H19N3O3S. The fourth-order valence-corrected chi connectivity index (χ4v) is 4.32. The molecule has 1 saturated carbocycles. The first-order chi connectivity index (χ1) is 12.5. The molecule has 2 aromatic carbocycles. The van der Waals surface area contributed by atoms with Crippen LogP contribution in [-0.4, -0.2) is 20.4 Å². The molecular weight excluding hydrogens is 350 g/mol. The summed E-state index contributed by atoms with van der Waals surface area (Å²) in [5, 5.41) is 11.5. The minimum absolute atomic E-state index is 0.0314. The number of sulfonamides is 1. The SMILES string of the molecule is N#Cc1ccc(NC(=O)c2cccc(S(=O)(=O)NC3CCCC3)c2)cc1. The highest BCUT2D eigenvalue weighted by Gasteiger charge is 2.23. The van der Waals surface area contributed by atoms with Crippen LogP contribution in [0.1, 0.15) is 41.6 Å². The summed E-state index contributed by atoms with van der Waals surface area (Å²) < 4.78 is 27.7. The number of amides is 1. The van der Waals surface area contributed by atoms with Crippen LogP contribution in [0.5, 0.6) is 0 Å². The maximum absolute atomic E-state index is 12.5. The number of hydrogen-bond acceptors (Lipinski definition) is 4. The second kappa shape index (κ2) is 7.68. The van der Waals surface area contributed by atoms with E-state index in [1.807, 2.05) is 6.07 Å². The Bertz CT molecular complexity index is 941. The molecule has 1 aliphatic rings. The third kappa shape index (κ3) is 4.28. The van der Waals surface area contributed by atoms with Crippen molar-refractivity contribution >= 4 is 21.6 Å². The van der Waals surface area contributed by atoms with Crippen LogP contribution >= 0.6 is 0 Å². The molecule has 134 valence electrons. The minimum Gasteiger partial charge on any atom is -0.322 e. The molecule has 1 aliphatic carbocycles. The Morgan fingerprint density at radius 2 is 1.77 bits per heavy atom. The van der Waals surface area contributed by atoms with Crippen LogP contribution in [-0.2, 0) is 10.0 Å². The number of hydrogen-bond donors (Lipinski definition) is 2. The molecule has 2 aromatic rings. The van der Waals surface area contributed by atoms with Gasteiger partial charge in [0.25, 0.3) is 5.91 Å².